The van der Waals surface area contributed by atoms with Crippen molar-refractivity contribution in [2.75, 3.05) is 11.9 Å². The van der Waals surface area contributed by atoms with Crippen molar-refractivity contribution in [2.24, 2.45) is 0 Å². The van der Waals surface area contributed by atoms with Crippen LogP contribution < -0.4 is 5.32 Å². The average Bonchev–Trinajstić information content (AvgIpc) is 3.33. The van der Waals surface area contributed by atoms with Crippen LogP contribution in [-0.2, 0) is 14.2 Å². The molecule has 0 spiro atoms. The Hall–Kier alpha value is -2.59. The number of nitrogens with zero attached hydrogens (tertiary/aromatic N) is 4. The molecule has 2 aromatic heterocycles. The van der Waals surface area contributed by atoms with Crippen LogP contribution in [-0.4, -0.2) is 55.3 Å². The van der Waals surface area contributed by atoms with E-state index in [4.69, 9.17) is 14.2 Å². The molecular weight excluding hydrogens is 362 g/mol. The van der Waals surface area contributed by atoms with E-state index in [0.29, 0.717) is 17.0 Å². The number of aliphatic hydroxyl groups is 1. The number of aliphatic hydroxyl groups excluding tert-OH is 1. The molecule has 2 N–H and O–H groups in total. The molecule has 2 aliphatic rings. The van der Waals surface area contributed by atoms with Crippen molar-refractivity contribution in [3.63, 3.8) is 0 Å². The maximum absolute atomic E-state index is 9.70. The van der Waals surface area contributed by atoms with Crippen LogP contribution in [0.4, 0.5) is 11.5 Å². The molecule has 5 rings (SSSR count). The van der Waals surface area contributed by atoms with Gasteiger partial charge in [0.2, 0.25) is 0 Å². The molecule has 2 aliphatic heterocycles. The van der Waals surface area contributed by atoms with Crippen molar-refractivity contribution in [3.8, 4) is 0 Å². The number of benzene rings is 1. The summed E-state index contributed by atoms with van der Waals surface area (Å²) in [5.74, 6) is -0.136. The lowest BCUT2D eigenvalue weighted by Crippen LogP contribution is -2.31. The number of ether oxygens (including phenoxy) is 3. The van der Waals surface area contributed by atoms with E-state index >= 15 is 0 Å². The number of nitrogens with one attached hydrogen (secondary N) is 1. The summed E-state index contributed by atoms with van der Waals surface area (Å²) >= 11 is 0. The minimum Gasteiger partial charge on any atom is -0.394 e. The molecule has 0 unspecified atom stereocenters. The fraction of sp³-hybridized carbons (Fsp3) is 0.421. The van der Waals surface area contributed by atoms with E-state index in [0.717, 1.165) is 5.69 Å². The van der Waals surface area contributed by atoms with E-state index in [2.05, 4.69) is 20.3 Å². The Bertz CT molecular complexity index is 992. The molecule has 0 amide bonds. The summed E-state index contributed by atoms with van der Waals surface area (Å²) in [5, 5.41) is 13.0. The van der Waals surface area contributed by atoms with Crippen LogP contribution in [0.15, 0.2) is 43.0 Å². The van der Waals surface area contributed by atoms with Crippen LogP contribution in [0, 0.1) is 0 Å². The number of aromatic nitrogens is 4. The van der Waals surface area contributed by atoms with Crippen molar-refractivity contribution in [2.45, 2.75) is 44.2 Å². The smallest absolute Gasteiger partial charge is 0.167 e. The van der Waals surface area contributed by atoms with Gasteiger partial charge in [-0.25, -0.2) is 15.0 Å². The maximum Gasteiger partial charge on any atom is 0.167 e. The molecule has 2 fully saturated rings. The van der Waals surface area contributed by atoms with Gasteiger partial charge in [-0.2, -0.15) is 0 Å². The van der Waals surface area contributed by atoms with Crippen molar-refractivity contribution < 1.29 is 19.3 Å². The molecule has 2 saturated heterocycles. The molecule has 4 heterocycles. The number of para-hydroxylation sites is 1. The highest BCUT2D eigenvalue weighted by Crippen LogP contribution is 2.43. The van der Waals surface area contributed by atoms with Crippen LogP contribution >= 0.6 is 0 Å². The van der Waals surface area contributed by atoms with Gasteiger partial charge >= 0.3 is 0 Å². The molecule has 1 aromatic carbocycles. The number of rotatable bonds is 4. The zero-order valence-corrected chi connectivity index (χ0v) is 15.5. The minimum absolute atomic E-state index is 0.153. The SMILES string of the molecule is CC1(C)O[C@@H]2[C@H](O1)[C@@H](CO)O[C@H]2n1cnc2c(Nc3ccccc3)ncnc21. The third kappa shape index (κ3) is 2.83. The molecule has 28 heavy (non-hydrogen) atoms. The highest BCUT2D eigenvalue weighted by molar-refractivity contribution is 5.85. The minimum atomic E-state index is -0.740. The van der Waals surface area contributed by atoms with Gasteiger partial charge in [0.05, 0.1) is 12.9 Å². The topological polar surface area (TPSA) is 104 Å². The Kier molecular flexibility index (Phi) is 4.06. The molecule has 146 valence electrons. The Morgan fingerprint density at radius 1 is 1.11 bits per heavy atom. The van der Waals surface area contributed by atoms with Gasteiger partial charge in [-0.1, -0.05) is 18.2 Å². The summed E-state index contributed by atoms with van der Waals surface area (Å²) in [6, 6.07) is 9.74. The van der Waals surface area contributed by atoms with Crippen molar-refractivity contribution in [3.05, 3.63) is 43.0 Å². The third-order valence-corrected chi connectivity index (χ3v) is 4.97. The van der Waals surface area contributed by atoms with Crippen molar-refractivity contribution in [1.82, 2.24) is 19.5 Å². The summed E-state index contributed by atoms with van der Waals surface area (Å²) in [6.45, 7) is 3.55. The van der Waals surface area contributed by atoms with E-state index in [1.807, 2.05) is 48.7 Å². The molecule has 0 radical (unpaired) electrons. The van der Waals surface area contributed by atoms with Gasteiger partial charge in [-0.05, 0) is 26.0 Å². The highest BCUT2D eigenvalue weighted by Gasteiger charge is 2.55. The van der Waals surface area contributed by atoms with Crippen LogP contribution in [0.3, 0.4) is 0 Å². The zero-order valence-electron chi connectivity index (χ0n) is 15.5. The van der Waals surface area contributed by atoms with Crippen molar-refractivity contribution >= 4 is 22.7 Å². The van der Waals surface area contributed by atoms with Crippen LogP contribution in [0.5, 0.6) is 0 Å². The molecule has 3 aromatic rings. The van der Waals surface area contributed by atoms with Gasteiger partial charge in [0.1, 0.15) is 24.6 Å². The molecular formula is C19H21N5O4. The van der Waals surface area contributed by atoms with Crippen LogP contribution in [0.1, 0.15) is 20.1 Å². The first-order valence-corrected chi connectivity index (χ1v) is 9.17. The quantitative estimate of drug-likeness (QED) is 0.705. The second-order valence-electron chi connectivity index (χ2n) is 7.35. The molecule has 0 saturated carbocycles. The van der Waals surface area contributed by atoms with Gasteiger partial charge in [0, 0.05) is 5.69 Å². The lowest BCUT2D eigenvalue weighted by atomic mass is 10.1. The molecule has 0 bridgehead atoms. The molecule has 4 atom stereocenters. The average molecular weight is 383 g/mol. The van der Waals surface area contributed by atoms with Crippen LogP contribution in [0.2, 0.25) is 0 Å². The second kappa shape index (κ2) is 6.49. The fourth-order valence-corrected chi connectivity index (χ4v) is 3.82. The number of hydrogen-bond acceptors (Lipinski definition) is 8. The largest absolute Gasteiger partial charge is 0.394 e. The molecule has 0 aliphatic carbocycles. The monoisotopic (exact) mass is 383 g/mol. The summed E-state index contributed by atoms with van der Waals surface area (Å²) in [5.41, 5.74) is 2.14. The number of imidazole rings is 1. The van der Waals surface area contributed by atoms with E-state index in [-0.39, 0.29) is 18.8 Å². The van der Waals surface area contributed by atoms with Gasteiger partial charge in [-0.3, -0.25) is 4.57 Å². The summed E-state index contributed by atoms with van der Waals surface area (Å²) < 4.78 is 19.8. The van der Waals surface area contributed by atoms with E-state index < -0.39 is 18.1 Å². The lowest BCUT2D eigenvalue weighted by molar-refractivity contribution is -0.199. The molecule has 9 heteroatoms. The number of hydrogen-bond donors (Lipinski definition) is 2. The number of fused-ring (bicyclic) bond motifs is 2. The first kappa shape index (κ1) is 17.5. The Balaban J connectivity index is 1.51. The standard InChI is InChI=1S/C19H21N5O4/c1-19(2)27-14-12(8-25)26-18(15(14)28-19)24-10-22-13-16(20-9-21-17(13)24)23-11-6-4-3-5-7-11/h3-7,9-10,12,14-15,18,25H,8H2,1-2H3,(H,20,21,23)/t12-,14-,15-,18-/m1/s1. The Morgan fingerprint density at radius 2 is 1.89 bits per heavy atom. The fourth-order valence-electron chi connectivity index (χ4n) is 3.82. The zero-order chi connectivity index (χ0) is 19.3. The van der Waals surface area contributed by atoms with Crippen LogP contribution in [0.25, 0.3) is 11.2 Å². The first-order valence-electron chi connectivity index (χ1n) is 9.17. The summed E-state index contributed by atoms with van der Waals surface area (Å²) in [7, 11) is 0. The van der Waals surface area contributed by atoms with Gasteiger partial charge in [0.25, 0.3) is 0 Å². The van der Waals surface area contributed by atoms with Gasteiger partial charge in [-0.15, -0.1) is 0 Å². The van der Waals surface area contributed by atoms with Crippen molar-refractivity contribution in [1.29, 1.82) is 0 Å². The molecule has 9 nitrogen and oxygen atoms in total. The van der Waals surface area contributed by atoms with E-state index in [9.17, 15) is 5.11 Å². The second-order valence-corrected chi connectivity index (χ2v) is 7.35. The number of anilines is 2. The summed E-state index contributed by atoms with van der Waals surface area (Å²) in [4.78, 5) is 13.2. The van der Waals surface area contributed by atoms with E-state index in [1.165, 1.54) is 6.33 Å². The maximum atomic E-state index is 9.70. The Labute approximate surface area is 161 Å². The normalized spacial score (nSPS) is 28.5. The predicted octanol–water partition coefficient (Wildman–Crippen LogP) is 1.98. The van der Waals surface area contributed by atoms with Gasteiger partial charge in [0.15, 0.2) is 29.0 Å². The summed E-state index contributed by atoms with van der Waals surface area (Å²) in [6.07, 6.45) is 1.44. The lowest BCUT2D eigenvalue weighted by Gasteiger charge is -2.24. The first-order chi connectivity index (χ1) is 13.6. The van der Waals surface area contributed by atoms with Gasteiger partial charge < -0.3 is 24.6 Å². The van der Waals surface area contributed by atoms with E-state index in [1.54, 1.807) is 6.33 Å². The predicted molar refractivity (Wildman–Crippen MR) is 99.9 cm³/mol. The third-order valence-electron chi connectivity index (χ3n) is 4.97. The Morgan fingerprint density at radius 3 is 2.68 bits per heavy atom. The highest BCUT2D eigenvalue weighted by atomic mass is 16.8.